The average Bonchev–Trinajstić information content (AvgIpc) is 2.64. The molecule has 0 radical (unpaired) electrons. The zero-order valence-electron chi connectivity index (χ0n) is 22.3. The van der Waals surface area contributed by atoms with Crippen LogP contribution < -0.4 is 5.73 Å². The maximum Gasteiger partial charge on any atom is 0.397 e. The standard InChI is InChI=1S/C10H16N2O.C10H18.C7H9F5O/c1-3-5-7-8(4-2)12-10(11)6-9(7)13;1-8(9-4-2-5-9)10-6-3-7-10;1-4(13)3-5(6(2,8)9)7(10,11)12/h3-6H2,1-2H3,(H2,11,12);8-10H,2-7H2,1H3;5H,3H2,1-2H3. The zero-order chi connectivity index (χ0) is 27.7. The highest BCUT2D eigenvalue weighted by Crippen LogP contribution is 2.44. The first-order valence-electron chi connectivity index (χ1n) is 13.1. The molecule has 0 spiro atoms. The molecule has 9 heteroatoms. The van der Waals surface area contributed by atoms with Crippen LogP contribution >= 0.6 is 0 Å². The van der Waals surface area contributed by atoms with Gasteiger partial charge in [0.25, 0.3) is 5.92 Å². The van der Waals surface area contributed by atoms with Crippen molar-refractivity contribution in [1.82, 2.24) is 0 Å². The fourth-order valence-corrected chi connectivity index (χ4v) is 4.72. The smallest absolute Gasteiger partial charge is 0.387 e. The predicted molar refractivity (Wildman–Crippen MR) is 133 cm³/mol. The Hall–Kier alpha value is -1.80. The number of hydrogen-bond donors (Lipinski definition) is 1. The molecule has 1 aliphatic heterocycles. The summed E-state index contributed by atoms with van der Waals surface area (Å²) in [5.41, 5.74) is 7.32. The molecule has 0 aromatic rings. The molecule has 0 saturated heterocycles. The minimum absolute atomic E-state index is 0.159. The highest BCUT2D eigenvalue weighted by molar-refractivity contribution is 6.10. The average molecular weight is 523 g/mol. The number of carbonyl (C=O) groups is 2. The van der Waals surface area contributed by atoms with E-state index >= 15 is 0 Å². The van der Waals surface area contributed by atoms with E-state index in [-0.39, 0.29) is 12.7 Å². The quantitative estimate of drug-likeness (QED) is 0.331. The van der Waals surface area contributed by atoms with Crippen molar-refractivity contribution in [1.29, 1.82) is 0 Å². The Balaban J connectivity index is 0.000000272. The van der Waals surface area contributed by atoms with Crippen LogP contribution in [0.4, 0.5) is 22.0 Å². The van der Waals surface area contributed by atoms with Crippen LogP contribution in [0.1, 0.15) is 105 Å². The van der Waals surface area contributed by atoms with E-state index in [4.69, 9.17) is 5.73 Å². The van der Waals surface area contributed by atoms with Gasteiger partial charge >= 0.3 is 6.18 Å². The number of hydrogen-bond acceptors (Lipinski definition) is 4. The Morgan fingerprint density at radius 3 is 1.83 bits per heavy atom. The zero-order valence-corrected chi connectivity index (χ0v) is 22.3. The van der Waals surface area contributed by atoms with Crippen LogP contribution in [0.3, 0.4) is 0 Å². The molecule has 1 heterocycles. The van der Waals surface area contributed by atoms with Crippen LogP contribution in [-0.4, -0.2) is 29.5 Å². The summed E-state index contributed by atoms with van der Waals surface area (Å²) >= 11 is 0. The van der Waals surface area contributed by atoms with Crippen molar-refractivity contribution >= 4 is 17.4 Å². The van der Waals surface area contributed by atoms with Crippen molar-refractivity contribution < 1.29 is 31.5 Å². The largest absolute Gasteiger partial charge is 0.397 e. The minimum Gasteiger partial charge on any atom is -0.387 e. The monoisotopic (exact) mass is 522 g/mol. The molecule has 2 N–H and O–H groups in total. The fraction of sp³-hybridized carbons (Fsp3) is 0.815. The summed E-state index contributed by atoms with van der Waals surface area (Å²) in [6, 6.07) is 0. The predicted octanol–water partition coefficient (Wildman–Crippen LogP) is 7.80. The summed E-state index contributed by atoms with van der Waals surface area (Å²) in [5, 5.41) is 0. The van der Waals surface area contributed by atoms with Gasteiger partial charge in [0, 0.05) is 17.7 Å². The van der Waals surface area contributed by atoms with Gasteiger partial charge in [0.2, 0.25) is 0 Å². The fourth-order valence-electron chi connectivity index (χ4n) is 4.72. The second-order valence-electron chi connectivity index (χ2n) is 10.4. The Labute approximate surface area is 212 Å². The first-order chi connectivity index (χ1) is 16.6. The molecule has 0 bridgehead atoms. The molecule has 2 fully saturated rings. The van der Waals surface area contributed by atoms with E-state index in [1.54, 1.807) is 0 Å². The summed E-state index contributed by atoms with van der Waals surface area (Å²) in [4.78, 5) is 26.1. The molecule has 0 amide bonds. The van der Waals surface area contributed by atoms with Gasteiger partial charge < -0.3 is 10.5 Å². The minimum atomic E-state index is -5.04. The maximum atomic E-state index is 12.4. The lowest BCUT2D eigenvalue weighted by Crippen LogP contribution is -2.38. The SMILES string of the molecule is CC(=O)CC(C(C)(F)F)C(F)(F)F.CC(C1CCC1)C1CCC1.CCCC1=C(CC)N=C(N)CC1=O. The second kappa shape index (κ2) is 14.2. The number of ketones is 2. The molecular formula is C27H43F5N2O2. The molecule has 4 nitrogen and oxygen atoms in total. The van der Waals surface area contributed by atoms with Gasteiger partial charge in [-0.05, 0) is 44.4 Å². The number of nitrogens with two attached hydrogens (primary N) is 1. The Morgan fingerprint density at radius 2 is 1.56 bits per heavy atom. The molecule has 36 heavy (non-hydrogen) atoms. The highest BCUT2D eigenvalue weighted by atomic mass is 19.4. The molecule has 208 valence electrons. The van der Waals surface area contributed by atoms with Gasteiger partial charge in [-0.15, -0.1) is 0 Å². The topological polar surface area (TPSA) is 72.5 Å². The van der Waals surface area contributed by atoms with Crippen LogP contribution in [0.5, 0.6) is 0 Å². The normalized spacial score (nSPS) is 19.9. The summed E-state index contributed by atoms with van der Waals surface area (Å²) in [6.45, 7) is 7.56. The maximum absolute atomic E-state index is 12.4. The van der Waals surface area contributed by atoms with Gasteiger partial charge in [0.15, 0.2) is 5.78 Å². The van der Waals surface area contributed by atoms with E-state index in [0.717, 1.165) is 55.2 Å². The number of carbonyl (C=O) groups excluding carboxylic acids is 2. The summed E-state index contributed by atoms with van der Waals surface area (Å²) in [6.07, 6.45) is 5.89. The van der Waals surface area contributed by atoms with Gasteiger partial charge in [-0.25, -0.2) is 13.8 Å². The number of nitrogens with zero attached hydrogens (tertiary/aromatic N) is 1. The molecule has 3 rings (SSSR count). The Morgan fingerprint density at radius 1 is 1.06 bits per heavy atom. The van der Waals surface area contributed by atoms with Crippen LogP contribution in [-0.2, 0) is 9.59 Å². The third kappa shape index (κ3) is 10.3. The van der Waals surface area contributed by atoms with E-state index in [0.29, 0.717) is 12.3 Å². The molecule has 0 aromatic carbocycles. The first kappa shape index (κ1) is 32.2. The van der Waals surface area contributed by atoms with Crippen molar-refractivity contribution in [3.8, 4) is 0 Å². The number of allylic oxidation sites excluding steroid dienone is 2. The Kier molecular flexibility index (Phi) is 12.7. The van der Waals surface area contributed by atoms with E-state index in [1.165, 1.54) is 38.5 Å². The van der Waals surface area contributed by atoms with Gasteiger partial charge in [-0.1, -0.05) is 65.7 Å². The second-order valence-corrected chi connectivity index (χ2v) is 10.4. The van der Waals surface area contributed by atoms with E-state index < -0.39 is 30.2 Å². The van der Waals surface area contributed by atoms with Gasteiger partial charge in [0.1, 0.15) is 17.5 Å². The highest BCUT2D eigenvalue weighted by Gasteiger charge is 2.53. The van der Waals surface area contributed by atoms with Crippen molar-refractivity contribution in [2.45, 2.75) is 117 Å². The van der Waals surface area contributed by atoms with E-state index in [9.17, 15) is 31.5 Å². The van der Waals surface area contributed by atoms with Gasteiger partial charge in [0.05, 0.1) is 6.42 Å². The summed E-state index contributed by atoms with van der Waals surface area (Å²) < 4.78 is 60.6. The van der Waals surface area contributed by atoms with Crippen molar-refractivity contribution in [3.05, 3.63) is 11.3 Å². The molecule has 0 aromatic heterocycles. The van der Waals surface area contributed by atoms with Crippen molar-refractivity contribution in [2.75, 3.05) is 0 Å². The number of rotatable bonds is 8. The number of amidine groups is 1. The van der Waals surface area contributed by atoms with E-state index in [2.05, 4.69) is 18.8 Å². The molecular weight excluding hydrogens is 479 g/mol. The number of halogens is 5. The van der Waals surface area contributed by atoms with Crippen LogP contribution in [0.15, 0.2) is 16.3 Å². The third-order valence-electron chi connectivity index (χ3n) is 7.43. The molecule has 2 saturated carbocycles. The number of alkyl halides is 5. The molecule has 1 unspecified atom stereocenters. The van der Waals surface area contributed by atoms with Crippen LogP contribution in [0, 0.1) is 23.7 Å². The number of Topliss-reactive ketones (excluding diaryl/α,β-unsaturated/α-hetero) is 2. The van der Waals surface area contributed by atoms with Gasteiger partial charge in [-0.2, -0.15) is 13.2 Å². The lowest BCUT2D eigenvalue weighted by atomic mass is 9.65. The molecule has 3 aliphatic rings. The van der Waals surface area contributed by atoms with Gasteiger partial charge in [-0.3, -0.25) is 4.79 Å². The lowest BCUT2D eigenvalue weighted by molar-refractivity contribution is -0.235. The molecule has 1 atom stereocenters. The van der Waals surface area contributed by atoms with Crippen molar-refractivity contribution in [3.63, 3.8) is 0 Å². The lowest BCUT2D eigenvalue weighted by Gasteiger charge is -2.40. The summed E-state index contributed by atoms with van der Waals surface area (Å²) in [5.74, 6) is -3.74. The first-order valence-corrected chi connectivity index (χ1v) is 13.1. The van der Waals surface area contributed by atoms with Crippen molar-refractivity contribution in [2.24, 2.45) is 34.4 Å². The molecule has 2 aliphatic carbocycles. The van der Waals surface area contributed by atoms with Crippen LogP contribution in [0.25, 0.3) is 0 Å². The third-order valence-corrected chi connectivity index (χ3v) is 7.43. The number of aliphatic imine (C=N–C) groups is 1. The summed E-state index contributed by atoms with van der Waals surface area (Å²) in [7, 11) is 0. The Bertz CT molecular complexity index is 763. The van der Waals surface area contributed by atoms with Crippen LogP contribution in [0.2, 0.25) is 0 Å². The van der Waals surface area contributed by atoms with E-state index in [1.807, 2.05) is 6.92 Å².